The highest BCUT2D eigenvalue weighted by atomic mass is 35.5. The van der Waals surface area contributed by atoms with Crippen LogP contribution < -0.4 is 5.32 Å². The van der Waals surface area contributed by atoms with Crippen molar-refractivity contribution in [3.63, 3.8) is 0 Å². The first-order valence-electron chi connectivity index (χ1n) is 7.13. The molecule has 1 atom stereocenters. The highest BCUT2D eigenvalue weighted by Crippen LogP contribution is 2.26. The zero-order chi connectivity index (χ0) is 15.6. The second-order valence-corrected chi connectivity index (χ2v) is 5.59. The zero-order valence-electron chi connectivity index (χ0n) is 12.9. The molecule has 21 heavy (non-hydrogen) atoms. The molecular weight excluding hydrogens is 289 g/mol. The normalized spacial score (nSPS) is 12.7. The van der Waals surface area contributed by atoms with Crippen LogP contribution in [0.25, 0.3) is 0 Å². The SMILES string of the molecule is CCn1nc(C)c(Cl)c1CC(NC)c1ccc(F)c(C)c1. The molecule has 2 rings (SSSR count). The predicted octanol–water partition coefficient (Wildman–Crippen LogP) is 3.82. The molecule has 0 fully saturated rings. The third-order valence-electron chi connectivity index (χ3n) is 3.78. The second kappa shape index (κ2) is 6.58. The largest absolute Gasteiger partial charge is 0.313 e. The van der Waals surface area contributed by atoms with Crippen molar-refractivity contribution < 1.29 is 4.39 Å². The van der Waals surface area contributed by atoms with Gasteiger partial charge in [-0.1, -0.05) is 23.7 Å². The number of aromatic nitrogens is 2. The first kappa shape index (κ1) is 16.0. The predicted molar refractivity (Wildman–Crippen MR) is 84.3 cm³/mol. The van der Waals surface area contributed by atoms with Crippen LogP contribution in [0.1, 0.15) is 35.5 Å². The number of hydrogen-bond acceptors (Lipinski definition) is 2. The van der Waals surface area contributed by atoms with E-state index in [1.165, 1.54) is 6.07 Å². The lowest BCUT2D eigenvalue weighted by atomic mass is 10.00. The summed E-state index contributed by atoms with van der Waals surface area (Å²) in [5.41, 5.74) is 3.56. The van der Waals surface area contributed by atoms with Gasteiger partial charge in [0.25, 0.3) is 0 Å². The van der Waals surface area contributed by atoms with Crippen molar-refractivity contribution in [2.45, 2.75) is 39.8 Å². The van der Waals surface area contributed by atoms with E-state index in [-0.39, 0.29) is 11.9 Å². The standard InChI is InChI=1S/C16H21ClFN3/c1-5-21-15(16(17)11(3)20-21)9-14(19-4)12-6-7-13(18)10(2)8-12/h6-8,14,19H,5,9H2,1-4H3. The minimum absolute atomic E-state index is 0.0724. The van der Waals surface area contributed by atoms with E-state index in [4.69, 9.17) is 11.6 Å². The molecule has 5 heteroatoms. The molecule has 0 amide bonds. The third kappa shape index (κ3) is 3.27. The van der Waals surface area contributed by atoms with E-state index in [1.54, 1.807) is 6.92 Å². The van der Waals surface area contributed by atoms with Crippen LogP contribution in [-0.4, -0.2) is 16.8 Å². The van der Waals surface area contributed by atoms with E-state index >= 15 is 0 Å². The van der Waals surface area contributed by atoms with E-state index in [0.717, 1.165) is 34.9 Å². The number of benzene rings is 1. The lowest BCUT2D eigenvalue weighted by molar-refractivity contribution is 0.539. The van der Waals surface area contributed by atoms with Gasteiger partial charge in [-0.15, -0.1) is 0 Å². The van der Waals surface area contributed by atoms with Crippen molar-refractivity contribution in [2.24, 2.45) is 0 Å². The quantitative estimate of drug-likeness (QED) is 0.910. The van der Waals surface area contributed by atoms with Gasteiger partial charge in [-0.05, 0) is 45.0 Å². The molecule has 0 radical (unpaired) electrons. The van der Waals surface area contributed by atoms with Gasteiger partial charge < -0.3 is 5.32 Å². The summed E-state index contributed by atoms with van der Waals surface area (Å²) in [5, 5.41) is 8.44. The van der Waals surface area contributed by atoms with Gasteiger partial charge in [-0.25, -0.2) is 4.39 Å². The summed E-state index contributed by atoms with van der Waals surface area (Å²) in [7, 11) is 1.90. The van der Waals surface area contributed by atoms with Gasteiger partial charge in [0, 0.05) is 19.0 Å². The molecule has 0 aliphatic heterocycles. The number of nitrogens with one attached hydrogen (secondary N) is 1. The number of aryl methyl sites for hydroxylation is 3. The van der Waals surface area contributed by atoms with Gasteiger partial charge in [0.15, 0.2) is 0 Å². The van der Waals surface area contributed by atoms with Gasteiger partial charge in [-0.3, -0.25) is 4.68 Å². The summed E-state index contributed by atoms with van der Waals surface area (Å²) in [6.07, 6.45) is 0.717. The maximum Gasteiger partial charge on any atom is 0.126 e. The zero-order valence-corrected chi connectivity index (χ0v) is 13.6. The summed E-state index contributed by atoms with van der Waals surface area (Å²) in [6, 6.07) is 5.28. The van der Waals surface area contributed by atoms with E-state index in [9.17, 15) is 4.39 Å². The molecule has 1 heterocycles. The third-order valence-corrected chi connectivity index (χ3v) is 4.27. The first-order chi connectivity index (χ1) is 9.97. The van der Waals surface area contributed by atoms with Gasteiger partial charge in [0.05, 0.1) is 16.4 Å². The van der Waals surface area contributed by atoms with E-state index < -0.39 is 0 Å². The summed E-state index contributed by atoms with van der Waals surface area (Å²) >= 11 is 6.37. The number of likely N-dealkylation sites (N-methyl/N-ethyl adjacent to an activating group) is 1. The van der Waals surface area contributed by atoms with Crippen LogP contribution in [0.5, 0.6) is 0 Å². The highest BCUT2D eigenvalue weighted by molar-refractivity contribution is 6.31. The fourth-order valence-electron chi connectivity index (χ4n) is 2.53. The lowest BCUT2D eigenvalue weighted by Gasteiger charge is -2.18. The van der Waals surface area contributed by atoms with Crippen LogP contribution in [0.4, 0.5) is 4.39 Å². The fourth-order valence-corrected chi connectivity index (χ4v) is 2.74. The van der Waals surface area contributed by atoms with Gasteiger partial charge in [0.2, 0.25) is 0 Å². The van der Waals surface area contributed by atoms with Gasteiger partial charge in [0.1, 0.15) is 5.82 Å². The minimum atomic E-state index is -0.180. The Balaban J connectivity index is 2.33. The molecule has 3 nitrogen and oxygen atoms in total. The Morgan fingerprint density at radius 3 is 2.67 bits per heavy atom. The van der Waals surface area contributed by atoms with E-state index in [1.807, 2.05) is 37.7 Å². The van der Waals surface area contributed by atoms with Crippen molar-refractivity contribution in [1.29, 1.82) is 0 Å². The smallest absolute Gasteiger partial charge is 0.126 e. The maximum atomic E-state index is 13.4. The monoisotopic (exact) mass is 309 g/mol. The summed E-state index contributed by atoms with van der Waals surface area (Å²) in [6.45, 7) is 6.51. The molecule has 1 N–H and O–H groups in total. The Labute approximate surface area is 130 Å². The molecule has 0 aliphatic rings. The molecule has 1 unspecified atom stereocenters. The molecule has 0 bridgehead atoms. The molecule has 0 spiro atoms. The van der Waals surface area contributed by atoms with E-state index in [0.29, 0.717) is 5.56 Å². The Morgan fingerprint density at radius 2 is 2.10 bits per heavy atom. The van der Waals surface area contributed by atoms with Crippen LogP contribution in [0, 0.1) is 19.7 Å². The summed E-state index contributed by atoms with van der Waals surface area (Å²) in [4.78, 5) is 0. The molecule has 1 aromatic heterocycles. The molecule has 2 aromatic rings. The van der Waals surface area contributed by atoms with Crippen LogP contribution in [0.3, 0.4) is 0 Å². The second-order valence-electron chi connectivity index (χ2n) is 5.22. The Bertz CT molecular complexity index is 637. The first-order valence-corrected chi connectivity index (χ1v) is 7.50. The topological polar surface area (TPSA) is 29.9 Å². The van der Waals surface area contributed by atoms with Crippen molar-refractivity contribution >= 4 is 11.6 Å². The number of halogens is 2. The van der Waals surface area contributed by atoms with Crippen LogP contribution in [0.15, 0.2) is 18.2 Å². The average molecular weight is 310 g/mol. The Morgan fingerprint density at radius 1 is 1.38 bits per heavy atom. The number of hydrogen-bond donors (Lipinski definition) is 1. The Hall–Kier alpha value is -1.39. The minimum Gasteiger partial charge on any atom is -0.313 e. The van der Waals surface area contributed by atoms with E-state index in [2.05, 4.69) is 10.4 Å². The van der Waals surface area contributed by atoms with Crippen LogP contribution in [0.2, 0.25) is 5.02 Å². The Kier molecular flexibility index (Phi) is 5.01. The summed E-state index contributed by atoms with van der Waals surface area (Å²) in [5.74, 6) is -0.180. The lowest BCUT2D eigenvalue weighted by Crippen LogP contribution is -2.21. The average Bonchev–Trinajstić information content (AvgIpc) is 2.75. The molecular formula is C16H21ClFN3. The molecule has 0 aliphatic carbocycles. The number of rotatable bonds is 5. The summed E-state index contributed by atoms with van der Waals surface area (Å²) < 4.78 is 15.4. The molecule has 0 saturated carbocycles. The molecule has 114 valence electrons. The van der Waals surface area contributed by atoms with Crippen LogP contribution in [-0.2, 0) is 13.0 Å². The van der Waals surface area contributed by atoms with Crippen molar-refractivity contribution in [3.8, 4) is 0 Å². The van der Waals surface area contributed by atoms with Crippen molar-refractivity contribution in [2.75, 3.05) is 7.05 Å². The van der Waals surface area contributed by atoms with Crippen molar-refractivity contribution in [1.82, 2.24) is 15.1 Å². The molecule has 1 aromatic carbocycles. The molecule has 0 saturated heterocycles. The fraction of sp³-hybridized carbons (Fsp3) is 0.438. The highest BCUT2D eigenvalue weighted by Gasteiger charge is 2.18. The van der Waals surface area contributed by atoms with Gasteiger partial charge >= 0.3 is 0 Å². The van der Waals surface area contributed by atoms with Crippen molar-refractivity contribution in [3.05, 3.63) is 51.6 Å². The van der Waals surface area contributed by atoms with Crippen LogP contribution >= 0.6 is 11.6 Å². The maximum absolute atomic E-state index is 13.4. The van der Waals surface area contributed by atoms with Gasteiger partial charge in [-0.2, -0.15) is 5.10 Å². The number of nitrogens with zero attached hydrogens (tertiary/aromatic N) is 2.